The minimum absolute atomic E-state index is 0.0817. The molecule has 1 amide bonds. The van der Waals surface area contributed by atoms with Gasteiger partial charge in [-0.1, -0.05) is 6.92 Å². The first-order valence-corrected chi connectivity index (χ1v) is 7.54. The van der Waals surface area contributed by atoms with E-state index in [1.54, 1.807) is 0 Å². The Morgan fingerprint density at radius 3 is 2.57 bits per heavy atom. The Hall–Kier alpha value is -2.13. The number of benzene rings is 1. The summed E-state index contributed by atoms with van der Waals surface area (Å²) in [5, 5.41) is 9.10. The first kappa shape index (κ1) is 16.9. The normalized spacial score (nSPS) is 11.1. The van der Waals surface area contributed by atoms with Gasteiger partial charge in [-0.15, -0.1) is 0 Å². The van der Waals surface area contributed by atoms with Gasteiger partial charge >= 0.3 is 5.97 Å². The van der Waals surface area contributed by atoms with E-state index in [0.29, 0.717) is 13.0 Å². The largest absolute Gasteiger partial charge is 0.493 e. The van der Waals surface area contributed by atoms with Crippen LogP contribution in [0, 0.1) is 0 Å². The van der Waals surface area contributed by atoms with Crippen molar-refractivity contribution in [2.75, 3.05) is 13.2 Å². The maximum Gasteiger partial charge on any atom is 0.339 e. The molecule has 8 nitrogen and oxygen atoms in total. The molecule has 4 N–H and O–H groups in total. The lowest BCUT2D eigenvalue weighted by atomic mass is 10.2. The number of hydrogen-bond donors (Lipinski definition) is 3. The number of rotatable bonds is 8. The number of nitrogens with two attached hydrogens (primary N) is 1. The second-order valence-corrected chi connectivity index (χ2v) is 5.87. The van der Waals surface area contributed by atoms with E-state index in [9.17, 15) is 18.0 Å². The number of ether oxygens (including phenoxy) is 1. The summed E-state index contributed by atoms with van der Waals surface area (Å²) in [6.45, 7) is 1.60. The number of carbonyl (C=O) groups excluding carboxylic acids is 1. The second kappa shape index (κ2) is 7.04. The molecule has 0 aliphatic carbocycles. The maximum atomic E-state index is 11.9. The van der Waals surface area contributed by atoms with Gasteiger partial charge in [-0.2, -0.15) is 0 Å². The molecule has 1 aromatic carbocycles. The standard InChI is InChI=1S/C12H16N2O6S/c1-2-5-20-10-4-3-8(6-9(10)12(16)17)21(18,19)14-7-11(13)15/h3-4,6,14H,2,5,7H2,1H3,(H2,13,15)(H,16,17). The van der Waals surface area contributed by atoms with Crippen molar-refractivity contribution in [3.63, 3.8) is 0 Å². The van der Waals surface area contributed by atoms with E-state index in [1.165, 1.54) is 12.1 Å². The predicted octanol–water partition coefficient (Wildman–Crippen LogP) is -0.0628. The zero-order chi connectivity index (χ0) is 16.0. The molecule has 0 saturated carbocycles. The molecule has 0 bridgehead atoms. The number of primary amides is 1. The Bertz CT molecular complexity index is 641. The molecule has 9 heteroatoms. The Kier molecular flexibility index (Phi) is 5.68. The van der Waals surface area contributed by atoms with Crippen LogP contribution < -0.4 is 15.2 Å². The number of hydrogen-bond acceptors (Lipinski definition) is 5. The van der Waals surface area contributed by atoms with Crippen LogP contribution in [0.3, 0.4) is 0 Å². The SMILES string of the molecule is CCCOc1ccc(S(=O)(=O)NCC(N)=O)cc1C(=O)O. The van der Waals surface area contributed by atoms with E-state index in [4.69, 9.17) is 15.6 Å². The Labute approximate surface area is 122 Å². The predicted molar refractivity (Wildman–Crippen MR) is 73.6 cm³/mol. The van der Waals surface area contributed by atoms with Gasteiger partial charge in [0.2, 0.25) is 15.9 Å². The minimum Gasteiger partial charge on any atom is -0.493 e. The van der Waals surface area contributed by atoms with E-state index in [1.807, 2.05) is 11.6 Å². The van der Waals surface area contributed by atoms with E-state index >= 15 is 0 Å². The summed E-state index contributed by atoms with van der Waals surface area (Å²) in [4.78, 5) is 21.5. The van der Waals surface area contributed by atoms with Crippen molar-refractivity contribution in [1.29, 1.82) is 0 Å². The molecule has 0 unspecified atom stereocenters. The molecule has 0 aliphatic heterocycles. The lowest BCUT2D eigenvalue weighted by molar-refractivity contribution is -0.116. The van der Waals surface area contributed by atoms with E-state index in [-0.39, 0.29) is 16.2 Å². The van der Waals surface area contributed by atoms with Crippen LogP contribution in [-0.2, 0) is 14.8 Å². The maximum absolute atomic E-state index is 11.9. The molecule has 1 rings (SSSR count). The van der Waals surface area contributed by atoms with Crippen molar-refractivity contribution in [3.8, 4) is 5.75 Å². The van der Waals surface area contributed by atoms with Crippen LogP contribution in [-0.4, -0.2) is 38.6 Å². The minimum atomic E-state index is -4.02. The molecule has 21 heavy (non-hydrogen) atoms. The summed E-state index contributed by atoms with van der Waals surface area (Å²) >= 11 is 0. The number of sulfonamides is 1. The number of amides is 1. The van der Waals surface area contributed by atoms with Gasteiger partial charge in [-0.3, -0.25) is 4.79 Å². The summed E-state index contributed by atoms with van der Waals surface area (Å²) < 4.78 is 31.0. The van der Waals surface area contributed by atoms with Crippen LogP contribution in [0.2, 0.25) is 0 Å². The Balaban J connectivity index is 3.13. The monoisotopic (exact) mass is 316 g/mol. The molecular formula is C12H16N2O6S. The number of aromatic carboxylic acids is 1. The van der Waals surface area contributed by atoms with Crippen LogP contribution in [0.15, 0.2) is 23.1 Å². The van der Waals surface area contributed by atoms with Crippen LogP contribution in [0.5, 0.6) is 5.75 Å². The highest BCUT2D eigenvalue weighted by Crippen LogP contribution is 2.23. The first-order chi connectivity index (χ1) is 9.77. The van der Waals surface area contributed by atoms with Crippen LogP contribution in [0.25, 0.3) is 0 Å². The zero-order valence-electron chi connectivity index (χ0n) is 11.3. The third-order valence-electron chi connectivity index (χ3n) is 2.39. The van der Waals surface area contributed by atoms with E-state index in [0.717, 1.165) is 6.07 Å². The number of carboxylic acids is 1. The zero-order valence-corrected chi connectivity index (χ0v) is 12.1. The van der Waals surface area contributed by atoms with Gasteiger partial charge in [0.25, 0.3) is 0 Å². The lowest BCUT2D eigenvalue weighted by Gasteiger charge is -2.10. The van der Waals surface area contributed by atoms with E-state index in [2.05, 4.69) is 0 Å². The molecule has 0 aromatic heterocycles. The average molecular weight is 316 g/mol. The fraction of sp³-hybridized carbons (Fsp3) is 0.333. The fourth-order valence-electron chi connectivity index (χ4n) is 1.43. The number of carbonyl (C=O) groups is 2. The number of nitrogens with one attached hydrogen (secondary N) is 1. The molecule has 1 aromatic rings. The van der Waals surface area contributed by atoms with Gasteiger partial charge in [-0.05, 0) is 24.6 Å². The van der Waals surface area contributed by atoms with Gasteiger partial charge in [-0.25, -0.2) is 17.9 Å². The van der Waals surface area contributed by atoms with Crippen LogP contribution in [0.4, 0.5) is 0 Å². The highest BCUT2D eigenvalue weighted by molar-refractivity contribution is 7.89. The molecule has 0 spiro atoms. The third-order valence-corrected chi connectivity index (χ3v) is 3.79. The number of carboxylic acid groups (broad SMARTS) is 1. The van der Waals surface area contributed by atoms with Crippen molar-refractivity contribution in [2.24, 2.45) is 5.73 Å². The summed E-state index contributed by atoms with van der Waals surface area (Å²) in [5.74, 6) is -2.08. The molecule has 116 valence electrons. The smallest absolute Gasteiger partial charge is 0.339 e. The summed E-state index contributed by atoms with van der Waals surface area (Å²) in [6, 6.07) is 3.43. The molecular weight excluding hydrogens is 300 g/mol. The topological polar surface area (TPSA) is 136 Å². The van der Waals surface area contributed by atoms with Crippen LogP contribution >= 0.6 is 0 Å². The fourth-order valence-corrected chi connectivity index (χ4v) is 2.45. The van der Waals surface area contributed by atoms with Crippen molar-refractivity contribution in [2.45, 2.75) is 18.2 Å². The quantitative estimate of drug-likeness (QED) is 0.614. The summed E-state index contributed by atoms with van der Waals surface area (Å²) in [6.07, 6.45) is 0.680. The summed E-state index contributed by atoms with van der Waals surface area (Å²) in [5.41, 5.74) is 4.58. The highest BCUT2D eigenvalue weighted by atomic mass is 32.2. The highest BCUT2D eigenvalue weighted by Gasteiger charge is 2.20. The first-order valence-electron chi connectivity index (χ1n) is 6.06. The van der Waals surface area contributed by atoms with Gasteiger partial charge in [0.05, 0.1) is 18.0 Å². The van der Waals surface area contributed by atoms with Crippen LogP contribution in [0.1, 0.15) is 23.7 Å². The Morgan fingerprint density at radius 2 is 2.05 bits per heavy atom. The van der Waals surface area contributed by atoms with E-state index < -0.39 is 28.4 Å². The molecule has 0 aliphatic rings. The van der Waals surface area contributed by atoms with Gasteiger partial charge in [0.1, 0.15) is 11.3 Å². The molecule has 0 atom stereocenters. The molecule has 0 saturated heterocycles. The van der Waals surface area contributed by atoms with Crippen molar-refractivity contribution in [1.82, 2.24) is 4.72 Å². The second-order valence-electron chi connectivity index (χ2n) is 4.10. The Morgan fingerprint density at radius 1 is 1.38 bits per heavy atom. The average Bonchev–Trinajstić information content (AvgIpc) is 2.42. The molecule has 0 heterocycles. The van der Waals surface area contributed by atoms with Crippen molar-refractivity contribution in [3.05, 3.63) is 23.8 Å². The molecule has 0 fully saturated rings. The van der Waals surface area contributed by atoms with Crippen molar-refractivity contribution < 1.29 is 27.9 Å². The van der Waals surface area contributed by atoms with Gasteiger partial charge in [0, 0.05) is 0 Å². The third kappa shape index (κ3) is 4.72. The lowest BCUT2D eigenvalue weighted by Crippen LogP contribution is -2.33. The van der Waals surface area contributed by atoms with Gasteiger partial charge in [0.15, 0.2) is 0 Å². The van der Waals surface area contributed by atoms with Gasteiger partial charge < -0.3 is 15.6 Å². The summed E-state index contributed by atoms with van der Waals surface area (Å²) in [7, 11) is -4.02. The molecule has 0 radical (unpaired) electrons. The van der Waals surface area contributed by atoms with Crippen molar-refractivity contribution >= 4 is 21.9 Å².